The van der Waals surface area contributed by atoms with Gasteiger partial charge in [0.1, 0.15) is 0 Å². The zero-order valence-electron chi connectivity index (χ0n) is 41.1. The van der Waals surface area contributed by atoms with Crippen LogP contribution in [-0.4, -0.2) is 129 Å². The summed E-state index contributed by atoms with van der Waals surface area (Å²) in [5.41, 5.74) is -11.8. The van der Waals surface area contributed by atoms with Crippen LogP contribution in [0.25, 0.3) is 0 Å². The van der Waals surface area contributed by atoms with Gasteiger partial charge in [-0.25, -0.2) is 43.9 Å². The highest BCUT2D eigenvalue weighted by Gasteiger charge is 2.49. The Morgan fingerprint density at radius 1 is 0.579 bits per heavy atom. The summed E-state index contributed by atoms with van der Waals surface area (Å²) in [5, 5.41) is 10.1. The molecule has 2 saturated heterocycles. The smallest absolute Gasteiger partial charge is 0.375 e. The Labute approximate surface area is 447 Å². The highest BCUT2D eigenvalue weighted by molar-refractivity contribution is 7.99. The SMILES string of the molecule is CC[C@@H]1CN(C(=O)C[C@H](CSc2ccccc2)Cc2ccc(S(N)(=O)=O)cc2S(=O)(=O)C(F)(F)F)CCO1.CC[C@H]1CN(C(=O)C[C@H](CSc2ccccc2)Cc2ccc(S(N)(=O)=O)cc2S(=O)(=O)C(F)(F)F)CCO1. The van der Waals surface area contributed by atoms with E-state index in [9.17, 15) is 69.6 Å². The monoisotopic (exact) mass is 1190 g/mol. The molecule has 4 aromatic carbocycles. The zero-order chi connectivity index (χ0) is 56.3. The molecule has 6 rings (SSSR count). The molecule has 2 aliphatic rings. The largest absolute Gasteiger partial charge is 0.501 e. The van der Waals surface area contributed by atoms with Crippen LogP contribution in [0.5, 0.6) is 0 Å². The van der Waals surface area contributed by atoms with E-state index < -0.39 is 82.2 Å². The third-order valence-electron chi connectivity index (χ3n) is 12.2. The molecule has 16 nitrogen and oxygen atoms in total. The van der Waals surface area contributed by atoms with Gasteiger partial charge in [0.15, 0.2) is 0 Å². The predicted molar refractivity (Wildman–Crippen MR) is 273 cm³/mol. The molecule has 0 bridgehead atoms. The zero-order valence-corrected chi connectivity index (χ0v) is 46.0. The number of ether oxygens (including phenoxy) is 2. The molecule has 0 radical (unpaired) electrons. The van der Waals surface area contributed by atoms with Gasteiger partial charge in [-0.2, -0.15) is 26.3 Å². The number of thioether (sulfide) groups is 2. The van der Waals surface area contributed by atoms with Crippen LogP contribution >= 0.6 is 23.5 Å². The molecule has 4 aromatic rings. The number of amides is 2. The molecule has 2 aliphatic heterocycles. The Balaban J connectivity index is 0.000000281. The molecule has 0 aromatic heterocycles. The normalized spacial score (nSPS) is 17.8. The van der Waals surface area contributed by atoms with Crippen molar-refractivity contribution in [2.45, 2.75) is 105 Å². The quantitative estimate of drug-likeness (QED) is 0.0656. The fourth-order valence-corrected chi connectivity index (χ4v) is 13.4. The lowest BCUT2D eigenvalue weighted by atomic mass is 9.97. The molecular formula is C48H58F6N4O12S6. The molecule has 2 heterocycles. The highest BCUT2D eigenvalue weighted by atomic mass is 32.2. The van der Waals surface area contributed by atoms with Crippen molar-refractivity contribution >= 4 is 75.1 Å². The first-order valence-corrected chi connectivity index (χ1v) is 31.6. The van der Waals surface area contributed by atoms with Crippen molar-refractivity contribution in [1.82, 2.24) is 9.80 Å². The van der Waals surface area contributed by atoms with Crippen molar-refractivity contribution in [2.75, 3.05) is 50.9 Å². The van der Waals surface area contributed by atoms with Gasteiger partial charge in [-0.1, -0.05) is 62.4 Å². The Kier molecular flexibility index (Phi) is 21.9. The second kappa shape index (κ2) is 26.6. The van der Waals surface area contributed by atoms with E-state index in [1.807, 2.05) is 74.5 Å². The number of halogens is 6. The number of sulfonamides is 2. The Bertz CT molecular complexity index is 2880. The van der Waals surface area contributed by atoms with Gasteiger partial charge in [0.25, 0.3) is 19.7 Å². The summed E-state index contributed by atoms with van der Waals surface area (Å²) < 4.78 is 189. The molecule has 0 saturated carbocycles. The van der Waals surface area contributed by atoms with Gasteiger partial charge in [0, 0.05) is 60.3 Å². The molecule has 2 amide bonds. The minimum absolute atomic E-state index is 0.0429. The number of rotatable bonds is 20. The molecule has 76 heavy (non-hydrogen) atoms. The molecule has 0 unspecified atom stereocenters. The van der Waals surface area contributed by atoms with Crippen molar-refractivity contribution < 1.29 is 79.1 Å². The number of nitrogens with two attached hydrogens (primary N) is 2. The molecule has 4 N–H and O–H groups in total. The van der Waals surface area contributed by atoms with E-state index in [2.05, 4.69) is 0 Å². The summed E-state index contributed by atoms with van der Waals surface area (Å²) in [4.78, 5) is 27.5. The Morgan fingerprint density at radius 3 is 1.22 bits per heavy atom. The molecule has 0 spiro atoms. The van der Waals surface area contributed by atoms with Crippen LogP contribution in [0.2, 0.25) is 0 Å². The standard InChI is InChI=1S/2C24H29F3N2O6S3/c2*1-2-19-15-29(10-11-35-19)23(30)13-17(16-36-20-6-4-3-5-7-20)12-18-8-9-21(38(28,33)34)14-22(18)37(31,32)24(25,26)27/h2*3-9,14,17,19H,2,10-13,15-16H2,1H3,(H2,28,33,34)/t17-,19+;17-,19-/m11/s1. The summed E-state index contributed by atoms with van der Waals surface area (Å²) in [5.74, 6) is -0.936. The number of alkyl halides is 6. The third kappa shape index (κ3) is 17.4. The van der Waals surface area contributed by atoms with Gasteiger partial charge in [-0.05, 0) is 97.2 Å². The number of hydrogen-bond donors (Lipinski definition) is 2. The highest BCUT2D eigenvalue weighted by Crippen LogP contribution is 2.38. The fourth-order valence-electron chi connectivity index (χ4n) is 8.11. The maximum absolute atomic E-state index is 13.5. The van der Waals surface area contributed by atoms with Gasteiger partial charge < -0.3 is 19.3 Å². The van der Waals surface area contributed by atoms with E-state index in [-0.39, 0.29) is 60.8 Å². The van der Waals surface area contributed by atoms with E-state index >= 15 is 0 Å². The summed E-state index contributed by atoms with van der Waals surface area (Å²) in [6, 6.07) is 23.2. The lowest BCUT2D eigenvalue weighted by Gasteiger charge is -2.33. The second-order valence-corrected chi connectivity index (χ2v) is 26.9. The van der Waals surface area contributed by atoms with Crippen molar-refractivity contribution in [2.24, 2.45) is 22.1 Å². The lowest BCUT2D eigenvalue weighted by Crippen LogP contribution is -2.46. The number of primary sulfonamides is 2. The molecule has 2 fully saturated rings. The first-order valence-electron chi connectivity index (χ1n) is 23.5. The van der Waals surface area contributed by atoms with Gasteiger partial charge in [0.2, 0.25) is 31.9 Å². The van der Waals surface area contributed by atoms with Gasteiger partial charge in [0.05, 0.1) is 45.0 Å². The van der Waals surface area contributed by atoms with Crippen molar-refractivity contribution in [3.05, 3.63) is 108 Å². The lowest BCUT2D eigenvalue weighted by molar-refractivity contribution is -0.140. The summed E-state index contributed by atoms with van der Waals surface area (Å²) >= 11 is 2.77. The molecule has 4 atom stereocenters. The third-order valence-corrected chi connectivity index (χ3v) is 19.7. The molecule has 0 aliphatic carbocycles. The van der Waals surface area contributed by atoms with Gasteiger partial charge >= 0.3 is 11.0 Å². The first kappa shape index (κ1) is 62.6. The molecule has 28 heteroatoms. The van der Waals surface area contributed by atoms with E-state index in [4.69, 9.17) is 19.8 Å². The van der Waals surface area contributed by atoms with Crippen molar-refractivity contribution in [3.8, 4) is 0 Å². The molecular weight excluding hydrogens is 1130 g/mol. The summed E-state index contributed by atoms with van der Waals surface area (Å²) in [7, 11) is -20.7. The van der Waals surface area contributed by atoms with Gasteiger partial charge in [-0.3, -0.25) is 9.59 Å². The average molecular weight is 1190 g/mol. The maximum Gasteiger partial charge on any atom is 0.501 e. The second-order valence-electron chi connectivity index (χ2n) is 17.8. The van der Waals surface area contributed by atoms with Crippen LogP contribution in [0.3, 0.4) is 0 Å². The van der Waals surface area contributed by atoms with Crippen molar-refractivity contribution in [3.63, 3.8) is 0 Å². The van der Waals surface area contributed by atoms with Crippen molar-refractivity contribution in [1.29, 1.82) is 0 Å². The van der Waals surface area contributed by atoms with Crippen LogP contribution in [0.4, 0.5) is 26.3 Å². The summed E-state index contributed by atoms with van der Waals surface area (Å²) in [6.45, 7) is 6.16. The van der Waals surface area contributed by atoms with Gasteiger partial charge in [-0.15, -0.1) is 23.5 Å². The van der Waals surface area contributed by atoms with E-state index in [1.54, 1.807) is 9.80 Å². The maximum atomic E-state index is 13.5. The fraction of sp³-hybridized carbons (Fsp3) is 0.458. The average Bonchev–Trinajstić information content (AvgIpc) is 3.36. The minimum Gasteiger partial charge on any atom is -0.375 e. The Morgan fingerprint density at radius 2 is 0.921 bits per heavy atom. The number of sulfone groups is 2. The number of hydrogen-bond acceptors (Lipinski definition) is 14. The minimum atomic E-state index is -5.90. The van der Waals surface area contributed by atoms with Crippen LogP contribution in [-0.2, 0) is 71.6 Å². The van der Waals surface area contributed by atoms with Crippen LogP contribution in [0, 0.1) is 11.8 Å². The van der Waals surface area contributed by atoms with E-state index in [0.29, 0.717) is 75.9 Å². The first-order chi connectivity index (χ1) is 35.4. The van der Waals surface area contributed by atoms with Crippen LogP contribution in [0.15, 0.2) is 126 Å². The Hall–Kier alpha value is -4.26. The predicted octanol–water partition coefficient (Wildman–Crippen LogP) is 7.21. The van der Waals surface area contributed by atoms with E-state index in [1.165, 1.54) is 23.5 Å². The number of morpholine rings is 2. The number of nitrogens with zero attached hydrogens (tertiary/aromatic N) is 2. The van der Waals surface area contributed by atoms with Crippen LogP contribution < -0.4 is 10.3 Å². The number of benzene rings is 4. The van der Waals surface area contributed by atoms with E-state index in [0.717, 1.165) is 34.1 Å². The molecule has 420 valence electrons. The number of carbonyl (C=O) groups excluding carboxylic acids is 2. The summed E-state index contributed by atoms with van der Waals surface area (Å²) in [6.07, 6.45) is 0.708. The number of carbonyl (C=O) groups is 2. The van der Waals surface area contributed by atoms with Crippen LogP contribution in [0.1, 0.15) is 50.7 Å². The topological polar surface area (TPSA) is 248 Å².